The lowest BCUT2D eigenvalue weighted by atomic mass is 10.2. The Balaban J connectivity index is 1.94. The Bertz CT molecular complexity index is 542. The average Bonchev–Trinajstić information content (AvgIpc) is 2.95. The van der Waals surface area contributed by atoms with E-state index in [-0.39, 0.29) is 0 Å². The van der Waals surface area contributed by atoms with E-state index < -0.39 is 5.97 Å². The van der Waals surface area contributed by atoms with Crippen LogP contribution in [0.15, 0.2) is 29.8 Å². The molecule has 2 aromatic heterocycles. The van der Waals surface area contributed by atoms with E-state index in [0.717, 1.165) is 23.8 Å². The van der Waals surface area contributed by atoms with Crippen molar-refractivity contribution in [3.63, 3.8) is 0 Å². The highest BCUT2D eigenvalue weighted by atomic mass is 32.1. The molecule has 0 bridgehead atoms. The highest BCUT2D eigenvalue weighted by molar-refractivity contribution is 7.13. The standard InChI is InChI=1S/C13H15N3O2S/c1-16(8-6-10-5-3-4-7-14-10)13-15-11(9-19-13)12(17)18-2/h3-5,7,9H,6,8H2,1-2H3. The van der Waals surface area contributed by atoms with E-state index in [4.69, 9.17) is 0 Å². The van der Waals surface area contributed by atoms with Crippen LogP contribution in [0.4, 0.5) is 5.13 Å². The normalized spacial score (nSPS) is 10.2. The predicted molar refractivity (Wildman–Crippen MR) is 74.7 cm³/mol. The molecular weight excluding hydrogens is 262 g/mol. The number of thiazole rings is 1. The van der Waals surface area contributed by atoms with Crippen molar-refractivity contribution in [2.45, 2.75) is 6.42 Å². The van der Waals surface area contributed by atoms with Gasteiger partial charge in [-0.15, -0.1) is 11.3 Å². The Morgan fingerprint density at radius 1 is 1.47 bits per heavy atom. The molecule has 0 saturated heterocycles. The van der Waals surface area contributed by atoms with Gasteiger partial charge in [0.05, 0.1) is 7.11 Å². The number of carbonyl (C=O) groups is 1. The van der Waals surface area contributed by atoms with Crippen LogP contribution in [0.2, 0.25) is 0 Å². The average molecular weight is 277 g/mol. The van der Waals surface area contributed by atoms with Crippen molar-refractivity contribution in [2.75, 3.05) is 25.6 Å². The van der Waals surface area contributed by atoms with Gasteiger partial charge in [0.15, 0.2) is 10.8 Å². The van der Waals surface area contributed by atoms with Gasteiger partial charge in [-0.25, -0.2) is 9.78 Å². The molecule has 5 nitrogen and oxygen atoms in total. The quantitative estimate of drug-likeness (QED) is 0.782. The van der Waals surface area contributed by atoms with Gasteiger partial charge in [0.2, 0.25) is 0 Å². The first-order chi connectivity index (χ1) is 9.20. The molecule has 0 fully saturated rings. The Labute approximate surface area is 115 Å². The van der Waals surface area contributed by atoms with Gasteiger partial charge in [0.25, 0.3) is 0 Å². The molecule has 0 radical (unpaired) electrons. The maximum Gasteiger partial charge on any atom is 0.357 e. The molecule has 0 amide bonds. The number of methoxy groups -OCH3 is 1. The SMILES string of the molecule is COC(=O)c1csc(N(C)CCc2ccccn2)n1. The summed E-state index contributed by atoms with van der Waals surface area (Å²) in [6.45, 7) is 0.797. The molecule has 0 aliphatic heterocycles. The van der Waals surface area contributed by atoms with Crippen LogP contribution in [0, 0.1) is 0 Å². The third-order valence-electron chi connectivity index (χ3n) is 2.64. The van der Waals surface area contributed by atoms with Crippen molar-refractivity contribution < 1.29 is 9.53 Å². The monoisotopic (exact) mass is 277 g/mol. The number of ether oxygens (including phenoxy) is 1. The van der Waals surface area contributed by atoms with Crippen molar-refractivity contribution in [2.24, 2.45) is 0 Å². The molecule has 0 unspecified atom stereocenters. The smallest absolute Gasteiger partial charge is 0.357 e. The fourth-order valence-electron chi connectivity index (χ4n) is 1.56. The molecule has 2 heterocycles. The maximum atomic E-state index is 11.3. The summed E-state index contributed by atoms with van der Waals surface area (Å²) in [7, 11) is 3.30. The summed E-state index contributed by atoms with van der Waals surface area (Å²) < 4.78 is 4.64. The van der Waals surface area contributed by atoms with Crippen LogP contribution in [-0.2, 0) is 11.2 Å². The van der Waals surface area contributed by atoms with Gasteiger partial charge < -0.3 is 9.64 Å². The lowest BCUT2D eigenvalue weighted by Crippen LogP contribution is -2.20. The first-order valence-electron chi connectivity index (χ1n) is 5.85. The summed E-state index contributed by atoms with van der Waals surface area (Å²) in [6, 6.07) is 5.87. The lowest BCUT2D eigenvalue weighted by molar-refractivity contribution is 0.0595. The van der Waals surface area contributed by atoms with Crippen LogP contribution in [0.25, 0.3) is 0 Å². The van der Waals surface area contributed by atoms with E-state index in [1.165, 1.54) is 18.4 Å². The maximum absolute atomic E-state index is 11.3. The van der Waals surface area contributed by atoms with E-state index in [2.05, 4.69) is 14.7 Å². The van der Waals surface area contributed by atoms with E-state index >= 15 is 0 Å². The van der Waals surface area contributed by atoms with Crippen molar-refractivity contribution in [1.82, 2.24) is 9.97 Å². The molecule has 2 aromatic rings. The summed E-state index contributed by atoms with van der Waals surface area (Å²) in [5.74, 6) is -0.402. The van der Waals surface area contributed by atoms with Crippen LogP contribution in [0.3, 0.4) is 0 Å². The lowest BCUT2D eigenvalue weighted by Gasteiger charge is -2.14. The highest BCUT2D eigenvalue weighted by Gasteiger charge is 2.13. The van der Waals surface area contributed by atoms with Gasteiger partial charge in [-0.05, 0) is 12.1 Å². The van der Waals surface area contributed by atoms with Crippen LogP contribution >= 0.6 is 11.3 Å². The third kappa shape index (κ3) is 3.51. The van der Waals surface area contributed by atoms with Crippen LogP contribution < -0.4 is 4.90 Å². The molecule has 0 spiro atoms. The number of aromatic nitrogens is 2. The number of pyridine rings is 1. The number of nitrogens with zero attached hydrogens (tertiary/aromatic N) is 3. The van der Waals surface area contributed by atoms with Gasteiger partial charge >= 0.3 is 5.97 Å². The van der Waals surface area contributed by atoms with Crippen LogP contribution in [-0.4, -0.2) is 36.6 Å². The minimum absolute atomic E-state index is 0.354. The zero-order valence-electron chi connectivity index (χ0n) is 10.9. The van der Waals surface area contributed by atoms with Crippen LogP contribution in [0.5, 0.6) is 0 Å². The first-order valence-corrected chi connectivity index (χ1v) is 6.73. The Morgan fingerprint density at radius 2 is 2.32 bits per heavy atom. The van der Waals surface area contributed by atoms with Crippen molar-refractivity contribution in [3.05, 3.63) is 41.2 Å². The summed E-state index contributed by atoms with van der Waals surface area (Å²) in [5, 5.41) is 2.51. The van der Waals surface area contributed by atoms with E-state index in [1.807, 2.05) is 30.1 Å². The molecule has 0 aromatic carbocycles. The van der Waals surface area contributed by atoms with E-state index in [0.29, 0.717) is 5.69 Å². The number of carbonyl (C=O) groups excluding carboxylic acids is 1. The number of rotatable bonds is 5. The zero-order valence-corrected chi connectivity index (χ0v) is 11.7. The molecule has 19 heavy (non-hydrogen) atoms. The van der Waals surface area contributed by atoms with Gasteiger partial charge in [-0.1, -0.05) is 6.07 Å². The molecule has 0 aliphatic carbocycles. The summed E-state index contributed by atoms with van der Waals surface area (Å²) in [5.41, 5.74) is 1.39. The molecule has 6 heteroatoms. The third-order valence-corrected chi connectivity index (χ3v) is 3.60. The molecule has 0 N–H and O–H groups in total. The molecule has 100 valence electrons. The van der Waals surface area contributed by atoms with Crippen LogP contribution in [0.1, 0.15) is 16.2 Å². The molecular formula is C13H15N3O2S. The number of likely N-dealkylation sites (N-methyl/N-ethyl adjacent to an activating group) is 1. The Morgan fingerprint density at radius 3 is 3.00 bits per heavy atom. The number of hydrogen-bond acceptors (Lipinski definition) is 6. The second-order valence-electron chi connectivity index (χ2n) is 4.00. The number of anilines is 1. The van der Waals surface area contributed by atoms with Crippen molar-refractivity contribution in [1.29, 1.82) is 0 Å². The summed E-state index contributed by atoms with van der Waals surface area (Å²) >= 11 is 1.43. The van der Waals surface area contributed by atoms with Gasteiger partial charge in [0.1, 0.15) is 0 Å². The largest absolute Gasteiger partial charge is 0.464 e. The number of esters is 1. The fraction of sp³-hybridized carbons (Fsp3) is 0.308. The highest BCUT2D eigenvalue weighted by Crippen LogP contribution is 2.19. The van der Waals surface area contributed by atoms with Gasteiger partial charge in [-0.2, -0.15) is 0 Å². The molecule has 0 saturated carbocycles. The summed E-state index contributed by atoms with van der Waals surface area (Å²) in [4.78, 5) is 21.8. The first kappa shape index (κ1) is 13.5. The molecule has 0 atom stereocenters. The minimum Gasteiger partial charge on any atom is -0.464 e. The Hall–Kier alpha value is -1.95. The predicted octanol–water partition coefficient (Wildman–Crippen LogP) is 2.00. The second-order valence-corrected chi connectivity index (χ2v) is 4.84. The van der Waals surface area contributed by atoms with E-state index in [9.17, 15) is 4.79 Å². The fourth-order valence-corrected chi connectivity index (χ4v) is 2.35. The zero-order chi connectivity index (χ0) is 13.7. The van der Waals surface area contributed by atoms with Gasteiger partial charge in [-0.3, -0.25) is 4.98 Å². The second kappa shape index (κ2) is 6.29. The van der Waals surface area contributed by atoms with E-state index in [1.54, 1.807) is 11.6 Å². The molecule has 0 aliphatic rings. The minimum atomic E-state index is -0.402. The summed E-state index contributed by atoms with van der Waals surface area (Å²) in [6.07, 6.45) is 2.62. The Kier molecular flexibility index (Phi) is 4.46. The van der Waals surface area contributed by atoms with Crippen molar-refractivity contribution in [3.8, 4) is 0 Å². The molecule has 2 rings (SSSR count). The van der Waals surface area contributed by atoms with Gasteiger partial charge in [0, 0.05) is 37.3 Å². The topological polar surface area (TPSA) is 55.3 Å². The number of hydrogen-bond donors (Lipinski definition) is 0. The van der Waals surface area contributed by atoms with Crippen molar-refractivity contribution >= 4 is 22.4 Å².